The van der Waals surface area contributed by atoms with Crippen molar-refractivity contribution in [3.05, 3.63) is 90.0 Å². The number of para-hydroxylation sites is 1. The Morgan fingerprint density at radius 2 is 1.59 bits per heavy atom. The number of carbonyl (C=O) groups excluding carboxylic acids is 1. The Balaban J connectivity index is 1.78. The normalized spacial score (nSPS) is 10.9. The minimum Gasteiger partial charge on any atom is -0.459 e. The molecular weight excluding hydrogens is 336 g/mol. The maximum absolute atomic E-state index is 12.0. The molecule has 3 aromatic carbocycles. The lowest BCUT2D eigenvalue weighted by molar-refractivity contribution is 0.0378. The van der Waals surface area contributed by atoms with Gasteiger partial charge in [-0.15, -0.1) is 0 Å². The summed E-state index contributed by atoms with van der Waals surface area (Å²) in [5, 5.41) is 4.33. The molecule has 0 saturated heterocycles. The number of rotatable bonds is 6. The molecule has 0 amide bonds. The van der Waals surface area contributed by atoms with Gasteiger partial charge < -0.3 is 4.74 Å². The molecule has 0 aliphatic carbocycles. The average molecular weight is 358 g/mol. The van der Waals surface area contributed by atoms with E-state index in [2.05, 4.69) is 10.5 Å². The summed E-state index contributed by atoms with van der Waals surface area (Å²) in [5.41, 5.74) is 7.54. The number of anilines is 1. The Hall–Kier alpha value is -3.40. The maximum Gasteiger partial charge on any atom is 0.338 e. The van der Waals surface area contributed by atoms with E-state index >= 15 is 0 Å². The van der Waals surface area contributed by atoms with Crippen molar-refractivity contribution in [2.75, 3.05) is 5.43 Å². The first-order chi connectivity index (χ1) is 13.1. The molecule has 0 bridgehead atoms. The molecule has 0 spiro atoms. The zero-order chi connectivity index (χ0) is 19.1. The van der Waals surface area contributed by atoms with Crippen LogP contribution in [0.1, 0.15) is 29.8 Å². The van der Waals surface area contributed by atoms with Crippen LogP contribution >= 0.6 is 0 Å². The van der Waals surface area contributed by atoms with Crippen LogP contribution in [-0.2, 0) is 4.74 Å². The SMILES string of the molecule is CC(C)OC(=O)c1ccc(-c2ccccc2C=NNc2ccccc2)cc1. The van der Waals surface area contributed by atoms with Crippen LogP contribution in [-0.4, -0.2) is 18.3 Å². The van der Waals surface area contributed by atoms with Crippen LogP contribution < -0.4 is 5.43 Å². The Morgan fingerprint density at radius 1 is 0.926 bits per heavy atom. The first-order valence-corrected chi connectivity index (χ1v) is 8.88. The van der Waals surface area contributed by atoms with Gasteiger partial charge in [0.1, 0.15) is 0 Å². The van der Waals surface area contributed by atoms with Crippen LogP contribution in [0.4, 0.5) is 5.69 Å². The van der Waals surface area contributed by atoms with Crippen molar-refractivity contribution in [3.63, 3.8) is 0 Å². The van der Waals surface area contributed by atoms with Crippen LogP contribution in [0.3, 0.4) is 0 Å². The second kappa shape index (κ2) is 8.81. The summed E-state index contributed by atoms with van der Waals surface area (Å²) in [5.74, 6) is -0.307. The van der Waals surface area contributed by atoms with Crippen LogP contribution in [0, 0.1) is 0 Å². The van der Waals surface area contributed by atoms with E-state index < -0.39 is 0 Å². The Bertz CT molecular complexity index is 917. The van der Waals surface area contributed by atoms with Crippen molar-refractivity contribution in [1.82, 2.24) is 0 Å². The fourth-order valence-electron chi connectivity index (χ4n) is 2.63. The van der Waals surface area contributed by atoms with Gasteiger partial charge in [0.2, 0.25) is 0 Å². The van der Waals surface area contributed by atoms with Gasteiger partial charge in [0.05, 0.1) is 23.6 Å². The van der Waals surface area contributed by atoms with Crippen molar-refractivity contribution in [2.24, 2.45) is 5.10 Å². The average Bonchev–Trinajstić information content (AvgIpc) is 2.69. The van der Waals surface area contributed by atoms with Crippen LogP contribution in [0.25, 0.3) is 11.1 Å². The summed E-state index contributed by atoms with van der Waals surface area (Å²) >= 11 is 0. The lowest BCUT2D eigenvalue weighted by Crippen LogP contribution is -2.11. The molecule has 0 aliphatic rings. The molecule has 0 aliphatic heterocycles. The van der Waals surface area contributed by atoms with E-state index in [1.54, 1.807) is 18.3 Å². The molecule has 0 atom stereocenters. The van der Waals surface area contributed by atoms with Crippen molar-refractivity contribution in [1.29, 1.82) is 0 Å². The first-order valence-electron chi connectivity index (χ1n) is 8.88. The zero-order valence-electron chi connectivity index (χ0n) is 15.4. The highest BCUT2D eigenvalue weighted by Gasteiger charge is 2.10. The summed E-state index contributed by atoms with van der Waals surface area (Å²) in [4.78, 5) is 12.0. The van der Waals surface area contributed by atoms with Gasteiger partial charge in [0.15, 0.2) is 0 Å². The molecule has 0 radical (unpaired) electrons. The Labute approximate surface area is 159 Å². The number of esters is 1. The van der Waals surface area contributed by atoms with Crippen LogP contribution in [0.5, 0.6) is 0 Å². The Morgan fingerprint density at radius 3 is 2.30 bits per heavy atom. The third kappa shape index (κ3) is 5.05. The summed E-state index contributed by atoms with van der Waals surface area (Å²) in [6.07, 6.45) is 1.66. The third-order valence-electron chi connectivity index (χ3n) is 3.91. The molecule has 0 heterocycles. The van der Waals surface area contributed by atoms with Crippen molar-refractivity contribution >= 4 is 17.9 Å². The highest BCUT2D eigenvalue weighted by Crippen LogP contribution is 2.23. The summed E-state index contributed by atoms with van der Waals surface area (Å²) in [6.45, 7) is 3.68. The van der Waals surface area contributed by atoms with E-state index in [9.17, 15) is 4.79 Å². The largest absolute Gasteiger partial charge is 0.459 e. The number of carbonyl (C=O) groups is 1. The molecule has 4 nitrogen and oxygen atoms in total. The van der Waals surface area contributed by atoms with Crippen LogP contribution in [0.15, 0.2) is 84.0 Å². The number of hydrogen-bond acceptors (Lipinski definition) is 4. The highest BCUT2D eigenvalue weighted by atomic mass is 16.5. The molecule has 3 rings (SSSR count). The van der Waals surface area contributed by atoms with Crippen LogP contribution in [0.2, 0.25) is 0 Å². The summed E-state index contributed by atoms with van der Waals surface area (Å²) < 4.78 is 5.23. The lowest BCUT2D eigenvalue weighted by Gasteiger charge is -2.09. The minimum absolute atomic E-state index is 0.133. The van der Waals surface area contributed by atoms with Gasteiger partial charge in [0, 0.05) is 5.56 Å². The number of nitrogens with one attached hydrogen (secondary N) is 1. The van der Waals surface area contributed by atoms with Crippen molar-refractivity contribution < 1.29 is 9.53 Å². The van der Waals surface area contributed by atoms with Gasteiger partial charge >= 0.3 is 5.97 Å². The number of ether oxygens (including phenoxy) is 1. The fraction of sp³-hybridized carbons (Fsp3) is 0.130. The van der Waals surface area contributed by atoms with Gasteiger partial charge in [0.25, 0.3) is 0 Å². The number of nitrogens with zero attached hydrogens (tertiary/aromatic N) is 1. The quantitative estimate of drug-likeness (QED) is 0.366. The molecule has 3 aromatic rings. The second-order valence-corrected chi connectivity index (χ2v) is 6.35. The molecule has 136 valence electrons. The van der Waals surface area contributed by atoms with Gasteiger partial charge in [-0.25, -0.2) is 4.79 Å². The van der Waals surface area contributed by atoms with Crippen molar-refractivity contribution in [3.8, 4) is 11.1 Å². The highest BCUT2D eigenvalue weighted by molar-refractivity contribution is 5.93. The zero-order valence-corrected chi connectivity index (χ0v) is 15.4. The molecule has 0 unspecified atom stereocenters. The third-order valence-corrected chi connectivity index (χ3v) is 3.91. The van der Waals surface area contributed by atoms with E-state index in [4.69, 9.17) is 4.74 Å². The molecule has 27 heavy (non-hydrogen) atoms. The fourth-order valence-corrected chi connectivity index (χ4v) is 2.63. The number of hydrogen-bond donors (Lipinski definition) is 1. The van der Waals surface area contributed by atoms with E-state index in [-0.39, 0.29) is 12.1 Å². The van der Waals surface area contributed by atoms with Crippen molar-refractivity contribution in [2.45, 2.75) is 20.0 Å². The molecule has 1 N–H and O–H groups in total. The topological polar surface area (TPSA) is 50.7 Å². The molecular formula is C23H22N2O2. The summed E-state index contributed by atoms with van der Waals surface area (Å²) in [6, 6.07) is 25.2. The van der Waals surface area contributed by atoms with E-state index in [0.717, 1.165) is 22.4 Å². The van der Waals surface area contributed by atoms with E-state index in [1.165, 1.54) is 0 Å². The van der Waals surface area contributed by atoms with E-state index in [1.807, 2.05) is 80.6 Å². The number of benzene rings is 3. The maximum atomic E-state index is 12.0. The molecule has 0 aromatic heterocycles. The van der Waals surface area contributed by atoms with Gasteiger partial charge in [-0.05, 0) is 49.2 Å². The predicted octanol–water partition coefficient (Wildman–Crippen LogP) is 5.36. The number of hydrazone groups is 1. The van der Waals surface area contributed by atoms with Gasteiger partial charge in [-0.2, -0.15) is 5.10 Å². The van der Waals surface area contributed by atoms with Gasteiger partial charge in [-0.1, -0.05) is 54.6 Å². The lowest BCUT2D eigenvalue weighted by atomic mass is 9.99. The standard InChI is InChI=1S/C23H22N2O2/c1-17(2)27-23(26)19-14-12-18(13-15-19)22-11-7-6-8-20(22)16-24-25-21-9-4-3-5-10-21/h3-17,25H,1-2H3. The second-order valence-electron chi connectivity index (χ2n) is 6.35. The predicted molar refractivity (Wildman–Crippen MR) is 110 cm³/mol. The minimum atomic E-state index is -0.307. The molecule has 0 fully saturated rings. The summed E-state index contributed by atoms with van der Waals surface area (Å²) in [7, 11) is 0. The first kappa shape index (κ1) is 18.4. The smallest absolute Gasteiger partial charge is 0.338 e. The van der Waals surface area contributed by atoms with Gasteiger partial charge in [-0.3, -0.25) is 5.43 Å². The molecule has 0 saturated carbocycles. The monoisotopic (exact) mass is 358 g/mol. The Kier molecular flexibility index (Phi) is 6.00. The van der Waals surface area contributed by atoms with E-state index in [0.29, 0.717) is 5.56 Å². The molecule has 4 heteroatoms.